The van der Waals surface area contributed by atoms with E-state index in [0.29, 0.717) is 58.5 Å². The summed E-state index contributed by atoms with van der Waals surface area (Å²) in [6.07, 6.45) is 0.534. The number of methoxy groups -OCH3 is 1. The number of esters is 1. The topological polar surface area (TPSA) is 99.5 Å². The first-order valence-electron chi connectivity index (χ1n) is 12.9. The van der Waals surface area contributed by atoms with Crippen molar-refractivity contribution in [2.75, 3.05) is 13.7 Å². The van der Waals surface area contributed by atoms with Crippen molar-refractivity contribution in [2.24, 2.45) is 0 Å². The van der Waals surface area contributed by atoms with Gasteiger partial charge >= 0.3 is 12.1 Å². The van der Waals surface area contributed by atoms with Crippen LogP contribution in [0, 0.1) is 11.8 Å². The lowest BCUT2D eigenvalue weighted by molar-refractivity contribution is 0.0526. The van der Waals surface area contributed by atoms with E-state index in [1.807, 2.05) is 57.2 Å². The molecule has 0 aliphatic carbocycles. The average Bonchev–Trinajstić information content (AvgIpc) is 2.93. The number of aromatic nitrogens is 2. The van der Waals surface area contributed by atoms with Crippen LogP contribution in [0.5, 0.6) is 0 Å². The Balaban J connectivity index is 1.67. The minimum Gasteiger partial charge on any atom is -0.465 e. The van der Waals surface area contributed by atoms with Crippen molar-refractivity contribution in [3.8, 4) is 17.5 Å². The number of hydrogen-bond donors (Lipinski definition) is 1. The Bertz CT molecular complexity index is 1640. The zero-order valence-corrected chi connectivity index (χ0v) is 23.0. The van der Waals surface area contributed by atoms with Crippen molar-refractivity contribution in [1.82, 2.24) is 14.9 Å². The molecule has 1 aromatic heterocycles. The summed E-state index contributed by atoms with van der Waals surface area (Å²) < 4.78 is 11.6. The summed E-state index contributed by atoms with van der Waals surface area (Å²) in [6, 6.07) is 21.5. The van der Waals surface area contributed by atoms with Crippen molar-refractivity contribution in [2.45, 2.75) is 39.2 Å². The third kappa shape index (κ3) is 6.94. The monoisotopic (exact) mass is 537 g/mol. The van der Waals surface area contributed by atoms with E-state index < -0.39 is 17.7 Å². The molecule has 204 valence electrons. The van der Waals surface area contributed by atoms with Crippen LogP contribution < -0.4 is 10.9 Å². The Kier molecular flexibility index (Phi) is 8.65. The third-order valence-electron chi connectivity index (χ3n) is 5.87. The van der Waals surface area contributed by atoms with Crippen molar-refractivity contribution in [3.63, 3.8) is 0 Å². The maximum atomic E-state index is 13.9. The molecule has 4 rings (SSSR count). The van der Waals surface area contributed by atoms with Crippen LogP contribution in [0.4, 0.5) is 4.79 Å². The molecule has 0 radical (unpaired) electrons. The van der Waals surface area contributed by atoms with Gasteiger partial charge in [0, 0.05) is 24.1 Å². The summed E-state index contributed by atoms with van der Waals surface area (Å²) in [6.45, 7) is 5.80. The first-order valence-corrected chi connectivity index (χ1v) is 12.9. The standard InChI is InChI=1S/C32H31N3O5/c1-32(2,3)40-31(38)33-21-9-14-27-34-26-13-8-10-23(18-15-22-16-19-24(20-17-22)30(37)39-4)28(26)29(36)35(27)25-11-6-5-7-12-25/h5-8,10-13,16-17,19-20H,9,14,21H2,1-4H3,(H,33,38). The van der Waals surface area contributed by atoms with Crippen molar-refractivity contribution in [3.05, 3.63) is 106 Å². The average molecular weight is 538 g/mol. The van der Waals surface area contributed by atoms with Crippen LogP contribution in [0.25, 0.3) is 16.6 Å². The van der Waals surface area contributed by atoms with Gasteiger partial charge in [0.05, 0.1) is 29.3 Å². The highest BCUT2D eigenvalue weighted by Crippen LogP contribution is 2.18. The highest BCUT2D eigenvalue weighted by Gasteiger charge is 2.17. The number of carbonyl (C=O) groups is 2. The van der Waals surface area contributed by atoms with Gasteiger partial charge in [0.1, 0.15) is 11.4 Å². The van der Waals surface area contributed by atoms with Crippen LogP contribution in [0.2, 0.25) is 0 Å². The summed E-state index contributed by atoms with van der Waals surface area (Å²) in [5.41, 5.74) is 2.10. The highest BCUT2D eigenvalue weighted by atomic mass is 16.6. The van der Waals surface area contributed by atoms with Gasteiger partial charge in [-0.2, -0.15) is 0 Å². The van der Waals surface area contributed by atoms with Gasteiger partial charge < -0.3 is 14.8 Å². The van der Waals surface area contributed by atoms with Gasteiger partial charge in [-0.05, 0) is 75.7 Å². The largest absolute Gasteiger partial charge is 0.465 e. The van der Waals surface area contributed by atoms with Crippen LogP contribution >= 0.6 is 0 Å². The molecule has 0 aliphatic heterocycles. The lowest BCUT2D eigenvalue weighted by Gasteiger charge is -2.19. The van der Waals surface area contributed by atoms with E-state index in [2.05, 4.69) is 17.2 Å². The molecule has 40 heavy (non-hydrogen) atoms. The van der Waals surface area contributed by atoms with E-state index in [1.54, 1.807) is 41.0 Å². The maximum absolute atomic E-state index is 13.9. The van der Waals surface area contributed by atoms with Crippen LogP contribution in [0.1, 0.15) is 54.5 Å². The predicted molar refractivity (Wildman–Crippen MR) is 154 cm³/mol. The Hall–Kier alpha value is -4.90. The van der Waals surface area contributed by atoms with E-state index in [1.165, 1.54) is 7.11 Å². The molecule has 0 fully saturated rings. The Morgan fingerprint density at radius 2 is 1.68 bits per heavy atom. The lowest BCUT2D eigenvalue weighted by atomic mass is 10.1. The van der Waals surface area contributed by atoms with Crippen molar-refractivity contribution in [1.29, 1.82) is 0 Å². The number of nitrogens with one attached hydrogen (secondary N) is 1. The summed E-state index contributed by atoms with van der Waals surface area (Å²) in [5.74, 6) is 6.35. The zero-order valence-electron chi connectivity index (χ0n) is 23.0. The maximum Gasteiger partial charge on any atom is 0.407 e. The van der Waals surface area contributed by atoms with Gasteiger partial charge in [0.25, 0.3) is 5.56 Å². The molecule has 1 amide bonds. The van der Waals surface area contributed by atoms with Gasteiger partial charge in [0.2, 0.25) is 0 Å². The fourth-order valence-corrected chi connectivity index (χ4v) is 4.09. The van der Waals surface area contributed by atoms with E-state index in [0.717, 1.165) is 0 Å². The first kappa shape index (κ1) is 28.1. The number of hydrogen-bond acceptors (Lipinski definition) is 6. The fourth-order valence-electron chi connectivity index (χ4n) is 4.09. The quantitative estimate of drug-likeness (QED) is 0.210. The number of rotatable bonds is 6. The molecule has 0 spiro atoms. The van der Waals surface area contributed by atoms with Crippen LogP contribution in [-0.2, 0) is 15.9 Å². The molecule has 0 saturated carbocycles. The van der Waals surface area contributed by atoms with E-state index in [9.17, 15) is 14.4 Å². The second kappa shape index (κ2) is 12.3. The number of aryl methyl sites for hydroxylation is 1. The second-order valence-corrected chi connectivity index (χ2v) is 10.1. The molecule has 0 unspecified atom stereocenters. The minimum atomic E-state index is -0.578. The number of amides is 1. The second-order valence-electron chi connectivity index (χ2n) is 10.1. The summed E-state index contributed by atoms with van der Waals surface area (Å²) in [7, 11) is 1.33. The Morgan fingerprint density at radius 1 is 0.950 bits per heavy atom. The molecular weight excluding hydrogens is 506 g/mol. The molecule has 8 nitrogen and oxygen atoms in total. The highest BCUT2D eigenvalue weighted by molar-refractivity contribution is 5.89. The smallest absolute Gasteiger partial charge is 0.407 e. The minimum absolute atomic E-state index is 0.225. The van der Waals surface area contributed by atoms with Crippen LogP contribution in [0.3, 0.4) is 0 Å². The number of ether oxygens (including phenoxy) is 2. The summed E-state index contributed by atoms with van der Waals surface area (Å²) in [5, 5.41) is 3.17. The number of benzene rings is 3. The first-order chi connectivity index (χ1) is 19.2. The van der Waals surface area contributed by atoms with E-state index in [4.69, 9.17) is 14.5 Å². The van der Waals surface area contributed by atoms with Gasteiger partial charge in [-0.25, -0.2) is 14.6 Å². The third-order valence-corrected chi connectivity index (χ3v) is 5.87. The Morgan fingerprint density at radius 3 is 2.35 bits per heavy atom. The lowest BCUT2D eigenvalue weighted by Crippen LogP contribution is -2.33. The van der Waals surface area contributed by atoms with E-state index in [-0.39, 0.29) is 5.56 Å². The molecule has 1 heterocycles. The molecule has 0 saturated heterocycles. The molecule has 3 aromatic carbocycles. The normalized spacial score (nSPS) is 10.9. The summed E-state index contributed by atoms with van der Waals surface area (Å²) in [4.78, 5) is 42.5. The zero-order chi connectivity index (χ0) is 28.7. The number of nitrogens with zero attached hydrogens (tertiary/aromatic N) is 2. The molecular formula is C32H31N3O5. The van der Waals surface area contributed by atoms with Crippen LogP contribution in [-0.4, -0.2) is 40.9 Å². The Labute approximate surface area is 233 Å². The number of fused-ring (bicyclic) bond motifs is 1. The van der Waals surface area contributed by atoms with Gasteiger partial charge in [-0.15, -0.1) is 0 Å². The molecule has 0 bridgehead atoms. The van der Waals surface area contributed by atoms with Gasteiger partial charge in [0.15, 0.2) is 0 Å². The molecule has 1 N–H and O–H groups in total. The van der Waals surface area contributed by atoms with Gasteiger partial charge in [-0.3, -0.25) is 9.36 Å². The van der Waals surface area contributed by atoms with Gasteiger partial charge in [-0.1, -0.05) is 36.1 Å². The van der Waals surface area contributed by atoms with E-state index >= 15 is 0 Å². The molecule has 0 aliphatic rings. The molecule has 4 aromatic rings. The molecule has 0 atom stereocenters. The molecule has 8 heteroatoms. The van der Waals surface area contributed by atoms with Crippen LogP contribution in [0.15, 0.2) is 77.6 Å². The summed E-state index contributed by atoms with van der Waals surface area (Å²) >= 11 is 0. The SMILES string of the molecule is COC(=O)c1ccc(C#Cc2cccc3nc(CCCNC(=O)OC(C)(C)C)n(-c4ccccc4)c(=O)c23)cc1. The van der Waals surface area contributed by atoms with Crippen molar-refractivity contribution < 1.29 is 19.1 Å². The van der Waals surface area contributed by atoms with Crippen molar-refractivity contribution >= 4 is 23.0 Å². The number of carbonyl (C=O) groups excluding carboxylic acids is 2. The number of para-hydroxylation sites is 1. The number of alkyl carbamates (subject to hydrolysis) is 1. The predicted octanol–water partition coefficient (Wildman–Crippen LogP) is 5.03. The fraction of sp³-hybridized carbons (Fsp3) is 0.250.